The van der Waals surface area contributed by atoms with Crippen LogP contribution in [0.25, 0.3) is 0 Å². The predicted molar refractivity (Wildman–Crippen MR) is 88.5 cm³/mol. The number of halogens is 1. The lowest BCUT2D eigenvalue weighted by Crippen LogP contribution is -2.47. The van der Waals surface area contributed by atoms with Crippen LogP contribution in [0.3, 0.4) is 0 Å². The van der Waals surface area contributed by atoms with Gasteiger partial charge in [0, 0.05) is 0 Å². The van der Waals surface area contributed by atoms with E-state index in [1.165, 1.54) is 55.9 Å². The Morgan fingerprint density at radius 3 is 2.20 bits per heavy atom. The lowest BCUT2D eigenvalue weighted by molar-refractivity contribution is -0.129. The van der Waals surface area contributed by atoms with E-state index >= 15 is 0 Å². The Balaban J connectivity index is 2.56. The van der Waals surface area contributed by atoms with Crippen molar-refractivity contribution in [1.29, 1.82) is 0 Å². The first-order chi connectivity index (χ1) is 11.8. The van der Waals surface area contributed by atoms with Gasteiger partial charge in [0.05, 0.1) is 17.7 Å². The molecule has 7 nitrogen and oxygen atoms in total. The second kappa shape index (κ2) is 7.49. The standard InChI is InChI=1S/C16H17FN2O5S/c1-11(16(20)18-21)19(13-5-3-12(17)4-6-13)25(22,23)15-9-7-14(24-2)8-10-15/h3-11,21H,1-2H3,(H,18,20)/t11-/m0/s1. The summed E-state index contributed by atoms with van der Waals surface area (Å²) in [5.74, 6) is -1.01. The van der Waals surface area contributed by atoms with Crippen LogP contribution in [-0.2, 0) is 14.8 Å². The van der Waals surface area contributed by atoms with E-state index in [0.717, 1.165) is 16.4 Å². The van der Waals surface area contributed by atoms with Gasteiger partial charge in [-0.15, -0.1) is 0 Å². The third-order valence-corrected chi connectivity index (χ3v) is 5.45. The highest BCUT2D eigenvalue weighted by molar-refractivity contribution is 7.92. The number of amides is 1. The van der Waals surface area contributed by atoms with Crippen LogP contribution in [0.2, 0.25) is 0 Å². The molecular weight excluding hydrogens is 351 g/mol. The van der Waals surface area contributed by atoms with Crippen molar-refractivity contribution < 1.29 is 27.5 Å². The Morgan fingerprint density at radius 2 is 1.72 bits per heavy atom. The SMILES string of the molecule is COc1ccc(S(=O)(=O)N(c2ccc(F)cc2)[C@@H](C)C(=O)NO)cc1. The maximum Gasteiger partial charge on any atom is 0.266 e. The molecule has 1 atom stereocenters. The Bertz CT molecular complexity index is 838. The van der Waals surface area contributed by atoms with E-state index in [-0.39, 0.29) is 10.6 Å². The molecule has 0 bridgehead atoms. The fourth-order valence-electron chi connectivity index (χ4n) is 2.22. The first-order valence-corrected chi connectivity index (χ1v) is 8.63. The fourth-order valence-corrected chi connectivity index (χ4v) is 3.84. The molecule has 0 unspecified atom stereocenters. The molecule has 0 aromatic heterocycles. The van der Waals surface area contributed by atoms with Gasteiger partial charge in [-0.2, -0.15) is 0 Å². The molecule has 2 aromatic rings. The number of hydrogen-bond donors (Lipinski definition) is 2. The summed E-state index contributed by atoms with van der Waals surface area (Å²) in [5.41, 5.74) is 1.51. The van der Waals surface area contributed by atoms with E-state index in [1.807, 2.05) is 0 Å². The van der Waals surface area contributed by atoms with Gasteiger partial charge in [-0.05, 0) is 55.5 Å². The summed E-state index contributed by atoms with van der Waals surface area (Å²) in [4.78, 5) is 11.7. The summed E-state index contributed by atoms with van der Waals surface area (Å²) in [6.45, 7) is 1.30. The number of nitrogens with zero attached hydrogens (tertiary/aromatic N) is 1. The van der Waals surface area contributed by atoms with Gasteiger partial charge in [0.25, 0.3) is 15.9 Å². The maximum absolute atomic E-state index is 13.2. The predicted octanol–water partition coefficient (Wildman–Crippen LogP) is 1.92. The van der Waals surface area contributed by atoms with E-state index in [1.54, 1.807) is 0 Å². The van der Waals surface area contributed by atoms with E-state index in [0.29, 0.717) is 5.75 Å². The number of hydrogen-bond acceptors (Lipinski definition) is 5. The van der Waals surface area contributed by atoms with Gasteiger partial charge in [0.2, 0.25) is 0 Å². The molecule has 0 aliphatic carbocycles. The van der Waals surface area contributed by atoms with Crippen LogP contribution < -0.4 is 14.5 Å². The first kappa shape index (κ1) is 18.7. The molecular formula is C16H17FN2O5S. The van der Waals surface area contributed by atoms with Crippen LogP contribution in [0.1, 0.15) is 6.92 Å². The molecule has 2 N–H and O–H groups in total. The minimum absolute atomic E-state index is 0.0771. The summed E-state index contributed by atoms with van der Waals surface area (Å²) in [6, 6.07) is 8.93. The van der Waals surface area contributed by atoms with Crippen molar-refractivity contribution in [3.05, 3.63) is 54.3 Å². The van der Waals surface area contributed by atoms with Crippen molar-refractivity contribution in [3.8, 4) is 5.75 Å². The number of anilines is 1. The molecule has 0 saturated heterocycles. The Hall–Kier alpha value is -2.65. The van der Waals surface area contributed by atoms with Crippen LogP contribution in [-0.4, -0.2) is 32.7 Å². The number of rotatable bonds is 6. The van der Waals surface area contributed by atoms with E-state index < -0.39 is 27.8 Å². The molecule has 0 radical (unpaired) electrons. The monoisotopic (exact) mass is 368 g/mol. The number of ether oxygens (including phenoxy) is 1. The molecule has 2 aromatic carbocycles. The number of benzene rings is 2. The van der Waals surface area contributed by atoms with Crippen molar-refractivity contribution >= 4 is 21.6 Å². The number of methoxy groups -OCH3 is 1. The summed E-state index contributed by atoms with van der Waals surface area (Å²) >= 11 is 0. The summed E-state index contributed by atoms with van der Waals surface area (Å²) in [7, 11) is -2.72. The normalized spacial score (nSPS) is 12.3. The number of sulfonamides is 1. The maximum atomic E-state index is 13.2. The van der Waals surface area contributed by atoms with Gasteiger partial charge >= 0.3 is 0 Å². The van der Waals surface area contributed by atoms with Gasteiger partial charge in [0.1, 0.15) is 17.6 Å². The lowest BCUT2D eigenvalue weighted by atomic mass is 10.2. The Morgan fingerprint density at radius 1 is 1.16 bits per heavy atom. The number of carbonyl (C=O) groups excluding carboxylic acids is 1. The van der Waals surface area contributed by atoms with Crippen molar-refractivity contribution in [2.75, 3.05) is 11.4 Å². The Kier molecular flexibility index (Phi) is 5.60. The number of nitrogens with one attached hydrogen (secondary N) is 1. The fraction of sp³-hybridized carbons (Fsp3) is 0.188. The minimum Gasteiger partial charge on any atom is -0.497 e. The van der Waals surface area contributed by atoms with Gasteiger partial charge in [-0.1, -0.05) is 0 Å². The van der Waals surface area contributed by atoms with Gasteiger partial charge < -0.3 is 4.74 Å². The molecule has 0 heterocycles. The average molecular weight is 368 g/mol. The summed E-state index contributed by atoms with van der Waals surface area (Å²) < 4.78 is 45.0. The van der Waals surface area contributed by atoms with Gasteiger partial charge in [0.15, 0.2) is 0 Å². The zero-order valence-electron chi connectivity index (χ0n) is 13.5. The van der Waals surface area contributed by atoms with Crippen LogP contribution in [0.15, 0.2) is 53.4 Å². The van der Waals surface area contributed by atoms with Crippen LogP contribution in [0.4, 0.5) is 10.1 Å². The van der Waals surface area contributed by atoms with E-state index in [2.05, 4.69) is 0 Å². The van der Waals surface area contributed by atoms with Crippen LogP contribution >= 0.6 is 0 Å². The molecule has 0 fully saturated rings. The molecule has 25 heavy (non-hydrogen) atoms. The second-order valence-electron chi connectivity index (χ2n) is 5.10. The smallest absolute Gasteiger partial charge is 0.266 e. The first-order valence-electron chi connectivity index (χ1n) is 7.19. The topological polar surface area (TPSA) is 95.9 Å². The quantitative estimate of drug-likeness (QED) is 0.600. The molecule has 1 amide bonds. The zero-order valence-corrected chi connectivity index (χ0v) is 14.3. The molecule has 0 saturated carbocycles. The summed E-state index contributed by atoms with van der Waals surface area (Å²) in [6.07, 6.45) is 0. The van der Waals surface area contributed by atoms with Crippen molar-refractivity contribution in [1.82, 2.24) is 5.48 Å². The summed E-state index contributed by atoms with van der Waals surface area (Å²) in [5, 5.41) is 8.85. The molecule has 0 aliphatic rings. The molecule has 0 spiro atoms. The van der Waals surface area contributed by atoms with Crippen LogP contribution in [0, 0.1) is 5.82 Å². The second-order valence-corrected chi connectivity index (χ2v) is 6.92. The average Bonchev–Trinajstić information content (AvgIpc) is 2.62. The van der Waals surface area contributed by atoms with Crippen LogP contribution in [0.5, 0.6) is 5.75 Å². The highest BCUT2D eigenvalue weighted by Gasteiger charge is 2.33. The molecule has 134 valence electrons. The third kappa shape index (κ3) is 3.89. The van der Waals surface area contributed by atoms with E-state index in [4.69, 9.17) is 9.94 Å². The lowest BCUT2D eigenvalue weighted by Gasteiger charge is -2.29. The molecule has 0 aliphatic heterocycles. The third-order valence-electron chi connectivity index (χ3n) is 3.54. The number of carbonyl (C=O) groups is 1. The van der Waals surface area contributed by atoms with Gasteiger partial charge in [-0.25, -0.2) is 18.3 Å². The largest absolute Gasteiger partial charge is 0.497 e. The Labute approximate surface area is 144 Å². The van der Waals surface area contributed by atoms with Crippen molar-refractivity contribution in [2.45, 2.75) is 17.9 Å². The minimum atomic E-state index is -4.16. The zero-order chi connectivity index (χ0) is 18.6. The van der Waals surface area contributed by atoms with E-state index in [9.17, 15) is 17.6 Å². The molecule has 2 rings (SSSR count). The van der Waals surface area contributed by atoms with Gasteiger partial charge in [-0.3, -0.25) is 14.3 Å². The number of hydroxylamine groups is 1. The highest BCUT2D eigenvalue weighted by Crippen LogP contribution is 2.27. The van der Waals surface area contributed by atoms with Crippen molar-refractivity contribution in [3.63, 3.8) is 0 Å². The molecule has 9 heteroatoms. The highest BCUT2D eigenvalue weighted by atomic mass is 32.2. The van der Waals surface area contributed by atoms with Crippen molar-refractivity contribution in [2.24, 2.45) is 0 Å².